The number of fused-ring (bicyclic) bond motifs is 1. The molecule has 0 radical (unpaired) electrons. The van der Waals surface area contributed by atoms with Crippen molar-refractivity contribution >= 4 is 27.5 Å². The van der Waals surface area contributed by atoms with Crippen LogP contribution in [0.2, 0.25) is 0 Å². The molecule has 6 nitrogen and oxygen atoms in total. The molecule has 23 heavy (non-hydrogen) atoms. The molecule has 1 aliphatic rings. The molecule has 0 saturated heterocycles. The predicted molar refractivity (Wildman–Crippen MR) is 92.6 cm³/mol. The Morgan fingerprint density at radius 3 is 2.83 bits per heavy atom. The van der Waals surface area contributed by atoms with Crippen molar-refractivity contribution in [3.05, 3.63) is 40.1 Å². The molecule has 2 heterocycles. The normalized spacial score (nSPS) is 18.0. The lowest BCUT2D eigenvalue weighted by molar-refractivity contribution is 0.0974. The molecule has 2 aromatic rings. The SMILES string of the molecule is CN(C)C1CCc2cc(Br)ccc2N(C(=O)c2cnn(C)n2)C1. The number of likely N-dealkylation sites (N-methyl/N-ethyl adjacent to an activating group) is 1. The first-order chi connectivity index (χ1) is 11.0. The molecule has 0 N–H and O–H groups in total. The van der Waals surface area contributed by atoms with E-state index in [4.69, 9.17) is 0 Å². The average Bonchev–Trinajstić information content (AvgIpc) is 2.84. The van der Waals surface area contributed by atoms with Crippen molar-refractivity contribution in [3.63, 3.8) is 0 Å². The summed E-state index contributed by atoms with van der Waals surface area (Å²) in [7, 11) is 5.83. The molecule has 122 valence electrons. The van der Waals surface area contributed by atoms with Crippen LogP contribution in [-0.4, -0.2) is 52.5 Å². The maximum atomic E-state index is 13.0. The van der Waals surface area contributed by atoms with E-state index in [9.17, 15) is 4.79 Å². The number of hydrogen-bond donors (Lipinski definition) is 0. The molecule has 0 aliphatic carbocycles. The summed E-state index contributed by atoms with van der Waals surface area (Å²) in [5, 5.41) is 8.19. The van der Waals surface area contributed by atoms with Gasteiger partial charge in [0, 0.05) is 29.8 Å². The standard InChI is InChI=1S/C16H20BrN5O/c1-20(2)13-6-4-11-8-12(17)5-7-15(11)22(10-13)16(23)14-9-18-21(3)19-14/h5,7-9,13H,4,6,10H2,1-3H3. The number of aromatic nitrogens is 3. The first-order valence-corrected chi connectivity index (χ1v) is 8.38. The molecule has 1 unspecified atom stereocenters. The number of benzene rings is 1. The zero-order chi connectivity index (χ0) is 16.6. The average molecular weight is 378 g/mol. The lowest BCUT2D eigenvalue weighted by Crippen LogP contribution is -2.42. The third-order valence-corrected chi connectivity index (χ3v) is 4.76. The third kappa shape index (κ3) is 3.30. The minimum absolute atomic E-state index is 0.101. The molecule has 0 saturated carbocycles. The van der Waals surface area contributed by atoms with Crippen LogP contribution in [0.5, 0.6) is 0 Å². The van der Waals surface area contributed by atoms with Gasteiger partial charge in [0.1, 0.15) is 0 Å². The van der Waals surface area contributed by atoms with Gasteiger partial charge in [0.15, 0.2) is 5.69 Å². The van der Waals surface area contributed by atoms with Gasteiger partial charge >= 0.3 is 0 Å². The van der Waals surface area contributed by atoms with E-state index < -0.39 is 0 Å². The number of nitrogens with zero attached hydrogens (tertiary/aromatic N) is 5. The Labute approximate surface area is 144 Å². The van der Waals surface area contributed by atoms with Crippen LogP contribution in [0.4, 0.5) is 5.69 Å². The second-order valence-corrected chi connectivity index (χ2v) is 6.98. The van der Waals surface area contributed by atoms with Gasteiger partial charge in [-0.05, 0) is 50.7 Å². The van der Waals surface area contributed by atoms with Crippen LogP contribution in [0.25, 0.3) is 0 Å². The van der Waals surface area contributed by atoms with Gasteiger partial charge in [0.05, 0.1) is 6.20 Å². The Bertz CT molecular complexity index is 727. The number of rotatable bonds is 2. The van der Waals surface area contributed by atoms with E-state index in [1.807, 2.05) is 17.0 Å². The number of halogens is 1. The number of anilines is 1. The monoisotopic (exact) mass is 377 g/mol. The highest BCUT2D eigenvalue weighted by molar-refractivity contribution is 9.10. The molecular formula is C16H20BrN5O. The highest BCUT2D eigenvalue weighted by Gasteiger charge is 2.29. The zero-order valence-electron chi connectivity index (χ0n) is 13.5. The fourth-order valence-corrected chi connectivity index (χ4v) is 3.34. The summed E-state index contributed by atoms with van der Waals surface area (Å²) in [6.45, 7) is 0.650. The minimum Gasteiger partial charge on any atom is -0.305 e. The van der Waals surface area contributed by atoms with Gasteiger partial charge in [-0.1, -0.05) is 15.9 Å². The number of hydrogen-bond acceptors (Lipinski definition) is 4. The zero-order valence-corrected chi connectivity index (χ0v) is 15.1. The maximum Gasteiger partial charge on any atom is 0.280 e. The number of amides is 1. The fourth-order valence-electron chi connectivity index (χ4n) is 2.94. The van der Waals surface area contributed by atoms with Crippen LogP contribution in [0.15, 0.2) is 28.9 Å². The summed E-state index contributed by atoms with van der Waals surface area (Å²) in [6.07, 6.45) is 3.49. The van der Waals surface area contributed by atoms with Crippen LogP contribution in [0.1, 0.15) is 22.5 Å². The van der Waals surface area contributed by atoms with Gasteiger partial charge in [0.25, 0.3) is 5.91 Å². The Hall–Kier alpha value is -1.73. The topological polar surface area (TPSA) is 54.3 Å². The quantitative estimate of drug-likeness (QED) is 0.803. The van der Waals surface area contributed by atoms with E-state index in [1.165, 1.54) is 16.6 Å². The number of carbonyl (C=O) groups excluding carboxylic acids is 1. The second kappa shape index (κ2) is 6.41. The van der Waals surface area contributed by atoms with Gasteiger partial charge in [-0.25, -0.2) is 0 Å². The van der Waals surface area contributed by atoms with E-state index in [1.54, 1.807) is 7.05 Å². The number of carbonyl (C=O) groups is 1. The second-order valence-electron chi connectivity index (χ2n) is 6.06. The first-order valence-electron chi connectivity index (χ1n) is 7.58. The summed E-state index contributed by atoms with van der Waals surface area (Å²) in [6, 6.07) is 6.39. The van der Waals surface area contributed by atoms with Gasteiger partial charge < -0.3 is 9.80 Å². The predicted octanol–water partition coefficient (Wildman–Crippen LogP) is 2.10. The highest BCUT2D eigenvalue weighted by Crippen LogP contribution is 2.31. The Balaban J connectivity index is 2.02. The molecule has 7 heteroatoms. The minimum atomic E-state index is -0.101. The van der Waals surface area contributed by atoms with Crippen molar-refractivity contribution in [2.75, 3.05) is 25.5 Å². The van der Waals surface area contributed by atoms with Crippen molar-refractivity contribution < 1.29 is 4.79 Å². The fraction of sp³-hybridized carbons (Fsp3) is 0.438. The molecule has 0 bridgehead atoms. The molecular weight excluding hydrogens is 358 g/mol. The summed E-state index contributed by atoms with van der Waals surface area (Å²) >= 11 is 3.53. The summed E-state index contributed by atoms with van der Waals surface area (Å²) in [5.74, 6) is -0.101. The molecule has 1 aromatic heterocycles. The van der Waals surface area contributed by atoms with Crippen LogP contribution >= 0.6 is 15.9 Å². The lowest BCUT2D eigenvalue weighted by Gasteiger charge is -2.28. The van der Waals surface area contributed by atoms with Gasteiger partial charge in [-0.15, -0.1) is 5.10 Å². The van der Waals surface area contributed by atoms with Crippen molar-refractivity contribution in [1.29, 1.82) is 0 Å². The molecule has 1 aliphatic heterocycles. The van der Waals surface area contributed by atoms with E-state index in [-0.39, 0.29) is 5.91 Å². The molecule has 1 amide bonds. The summed E-state index contributed by atoms with van der Waals surface area (Å²) in [4.78, 5) is 18.4. The van der Waals surface area contributed by atoms with Crippen LogP contribution in [0.3, 0.4) is 0 Å². The Kier molecular flexibility index (Phi) is 4.50. The maximum absolute atomic E-state index is 13.0. The molecule has 3 rings (SSSR count). The summed E-state index contributed by atoms with van der Waals surface area (Å²) < 4.78 is 1.03. The van der Waals surface area contributed by atoms with Crippen molar-refractivity contribution in [1.82, 2.24) is 19.9 Å². The van der Waals surface area contributed by atoms with Crippen molar-refractivity contribution in [2.24, 2.45) is 7.05 Å². The van der Waals surface area contributed by atoms with E-state index in [0.29, 0.717) is 18.3 Å². The van der Waals surface area contributed by atoms with E-state index >= 15 is 0 Å². The van der Waals surface area contributed by atoms with Crippen molar-refractivity contribution in [3.8, 4) is 0 Å². The molecule has 0 spiro atoms. The summed E-state index contributed by atoms with van der Waals surface area (Å²) in [5.41, 5.74) is 2.52. The Morgan fingerprint density at radius 1 is 1.39 bits per heavy atom. The first kappa shape index (κ1) is 16.1. The highest BCUT2D eigenvalue weighted by atomic mass is 79.9. The van der Waals surface area contributed by atoms with Crippen LogP contribution in [0, 0.1) is 0 Å². The van der Waals surface area contributed by atoms with Gasteiger partial charge in [-0.2, -0.15) is 9.90 Å². The van der Waals surface area contributed by atoms with E-state index in [2.05, 4.69) is 51.2 Å². The van der Waals surface area contributed by atoms with E-state index in [0.717, 1.165) is 23.0 Å². The van der Waals surface area contributed by atoms with Gasteiger partial charge in [0.2, 0.25) is 0 Å². The van der Waals surface area contributed by atoms with Gasteiger partial charge in [-0.3, -0.25) is 4.79 Å². The van der Waals surface area contributed by atoms with Crippen LogP contribution in [-0.2, 0) is 13.5 Å². The lowest BCUT2D eigenvalue weighted by atomic mass is 10.1. The smallest absolute Gasteiger partial charge is 0.280 e. The molecule has 1 atom stereocenters. The number of aryl methyl sites for hydroxylation is 2. The van der Waals surface area contributed by atoms with Crippen molar-refractivity contribution in [2.45, 2.75) is 18.9 Å². The Morgan fingerprint density at radius 2 is 2.17 bits per heavy atom. The largest absolute Gasteiger partial charge is 0.305 e. The third-order valence-electron chi connectivity index (χ3n) is 4.27. The van der Waals surface area contributed by atoms with Crippen LogP contribution < -0.4 is 4.90 Å². The molecule has 1 aromatic carbocycles. The molecule has 0 fully saturated rings.